The molecule has 3 rings (SSSR count). The minimum absolute atomic E-state index is 0. The molecule has 0 aliphatic heterocycles. The fraction of sp³-hybridized carbons (Fsp3) is 0.304. The molecule has 2 N–H and O–H groups in total. The van der Waals surface area contributed by atoms with Gasteiger partial charge in [-0.3, -0.25) is 4.99 Å². The van der Waals surface area contributed by atoms with Crippen LogP contribution in [0.1, 0.15) is 31.9 Å². The van der Waals surface area contributed by atoms with E-state index in [1.807, 2.05) is 86.4 Å². The Kier molecular flexibility index (Phi) is 8.71. The Labute approximate surface area is 195 Å². The van der Waals surface area contributed by atoms with Gasteiger partial charge in [0.2, 0.25) is 0 Å². The zero-order valence-electron chi connectivity index (χ0n) is 17.9. The predicted molar refractivity (Wildman–Crippen MR) is 133 cm³/mol. The summed E-state index contributed by atoms with van der Waals surface area (Å²) in [6.07, 6.45) is 3.88. The normalized spacial score (nSPS) is 11.5. The topological polar surface area (TPSA) is 63.5 Å². The minimum Gasteiger partial charge on any atom is -0.488 e. The van der Waals surface area contributed by atoms with Gasteiger partial charge in [0, 0.05) is 37.5 Å². The molecule has 6 nitrogen and oxygen atoms in total. The fourth-order valence-corrected chi connectivity index (χ4v) is 2.84. The highest BCUT2D eigenvalue weighted by Gasteiger charge is 2.14. The first kappa shape index (κ1) is 23.7. The Morgan fingerprint density at radius 1 is 1.00 bits per heavy atom. The lowest BCUT2D eigenvalue weighted by atomic mass is 10.1. The van der Waals surface area contributed by atoms with Crippen LogP contribution in [0.2, 0.25) is 0 Å². The Bertz CT molecular complexity index is 947. The van der Waals surface area contributed by atoms with Gasteiger partial charge in [-0.05, 0) is 39.0 Å². The number of benzene rings is 2. The maximum absolute atomic E-state index is 6.06. The molecule has 30 heavy (non-hydrogen) atoms. The van der Waals surface area contributed by atoms with E-state index in [0.717, 1.165) is 28.5 Å². The maximum atomic E-state index is 6.06. The number of hydrogen-bond acceptors (Lipinski definition) is 3. The van der Waals surface area contributed by atoms with Crippen molar-refractivity contribution in [3.05, 3.63) is 78.1 Å². The Hall–Kier alpha value is -2.55. The van der Waals surface area contributed by atoms with E-state index in [1.54, 1.807) is 7.05 Å². The molecule has 0 radical (unpaired) electrons. The van der Waals surface area contributed by atoms with Crippen molar-refractivity contribution in [2.24, 2.45) is 4.99 Å². The number of nitrogens with one attached hydrogen (secondary N) is 2. The van der Waals surface area contributed by atoms with Gasteiger partial charge in [-0.2, -0.15) is 5.10 Å². The molecule has 0 atom stereocenters. The summed E-state index contributed by atoms with van der Waals surface area (Å²) in [6, 6.07) is 18.1. The van der Waals surface area contributed by atoms with Gasteiger partial charge >= 0.3 is 0 Å². The van der Waals surface area contributed by atoms with E-state index < -0.39 is 0 Å². The number of halogens is 1. The molecule has 160 valence electrons. The summed E-state index contributed by atoms with van der Waals surface area (Å²) >= 11 is 0. The van der Waals surface area contributed by atoms with Crippen LogP contribution in [0.15, 0.2) is 72.0 Å². The van der Waals surface area contributed by atoms with Gasteiger partial charge in [-0.25, -0.2) is 4.68 Å². The molecule has 2 aromatic carbocycles. The van der Waals surface area contributed by atoms with Gasteiger partial charge in [-0.1, -0.05) is 36.4 Å². The van der Waals surface area contributed by atoms with Gasteiger partial charge in [0.15, 0.2) is 5.96 Å². The zero-order chi connectivity index (χ0) is 20.7. The summed E-state index contributed by atoms with van der Waals surface area (Å²) in [5.41, 5.74) is 2.96. The number of para-hydroxylation sites is 2. The minimum atomic E-state index is -0.241. The first-order valence-corrected chi connectivity index (χ1v) is 9.75. The number of aliphatic imine (C=N–C) groups is 1. The van der Waals surface area contributed by atoms with Crippen molar-refractivity contribution in [1.82, 2.24) is 20.4 Å². The lowest BCUT2D eigenvalue weighted by Crippen LogP contribution is -2.36. The summed E-state index contributed by atoms with van der Waals surface area (Å²) in [6.45, 7) is 7.40. The van der Waals surface area contributed by atoms with Crippen LogP contribution >= 0.6 is 24.0 Å². The molecular formula is C23H30IN5O. The number of hydrogen-bond donors (Lipinski definition) is 2. The van der Waals surface area contributed by atoms with E-state index in [1.165, 1.54) is 0 Å². The summed E-state index contributed by atoms with van der Waals surface area (Å²) in [5.74, 6) is 1.61. The van der Waals surface area contributed by atoms with Crippen LogP contribution < -0.4 is 15.4 Å². The molecule has 0 fully saturated rings. The summed E-state index contributed by atoms with van der Waals surface area (Å²) in [4.78, 5) is 4.31. The largest absolute Gasteiger partial charge is 0.488 e. The molecule has 3 aromatic rings. The zero-order valence-corrected chi connectivity index (χ0v) is 20.3. The Morgan fingerprint density at radius 2 is 1.67 bits per heavy atom. The second-order valence-corrected chi connectivity index (χ2v) is 7.73. The van der Waals surface area contributed by atoms with E-state index in [0.29, 0.717) is 13.1 Å². The number of guanidine groups is 1. The van der Waals surface area contributed by atoms with E-state index >= 15 is 0 Å². The van der Waals surface area contributed by atoms with Gasteiger partial charge in [0.25, 0.3) is 0 Å². The molecule has 0 bridgehead atoms. The van der Waals surface area contributed by atoms with Crippen LogP contribution in [0.3, 0.4) is 0 Å². The predicted octanol–water partition coefficient (Wildman–Crippen LogP) is 4.53. The Morgan fingerprint density at radius 3 is 2.37 bits per heavy atom. The highest BCUT2D eigenvalue weighted by molar-refractivity contribution is 14.0. The monoisotopic (exact) mass is 519 g/mol. The highest BCUT2D eigenvalue weighted by atomic mass is 127. The van der Waals surface area contributed by atoms with Gasteiger partial charge in [-0.15, -0.1) is 24.0 Å². The van der Waals surface area contributed by atoms with E-state index in [-0.39, 0.29) is 29.6 Å². The van der Waals surface area contributed by atoms with Crippen molar-refractivity contribution in [1.29, 1.82) is 0 Å². The van der Waals surface area contributed by atoms with Crippen LogP contribution in [0.5, 0.6) is 5.75 Å². The molecule has 0 aliphatic carbocycles. The van der Waals surface area contributed by atoms with E-state index in [9.17, 15) is 0 Å². The number of rotatable bonds is 6. The molecule has 0 spiro atoms. The van der Waals surface area contributed by atoms with Gasteiger partial charge in [0.05, 0.1) is 11.9 Å². The third-order valence-corrected chi connectivity index (χ3v) is 4.18. The SMILES string of the molecule is CN=C(NCc1cnn(-c2ccccc2)c1)NCc1ccccc1OC(C)(C)C.I. The molecule has 0 amide bonds. The molecule has 0 unspecified atom stereocenters. The lowest BCUT2D eigenvalue weighted by molar-refractivity contribution is 0.129. The van der Waals surface area contributed by atoms with E-state index in [4.69, 9.17) is 4.74 Å². The Balaban J connectivity index is 0.00000320. The summed E-state index contributed by atoms with van der Waals surface area (Å²) in [5, 5.41) is 11.1. The number of nitrogens with zero attached hydrogens (tertiary/aromatic N) is 3. The average Bonchev–Trinajstić information content (AvgIpc) is 3.18. The highest BCUT2D eigenvalue weighted by Crippen LogP contribution is 2.22. The van der Waals surface area contributed by atoms with Crippen LogP contribution in [-0.4, -0.2) is 28.4 Å². The molecule has 0 saturated heterocycles. The third-order valence-electron chi connectivity index (χ3n) is 4.18. The molecule has 0 aliphatic rings. The van der Waals surface area contributed by atoms with Crippen LogP contribution in [0.4, 0.5) is 0 Å². The van der Waals surface area contributed by atoms with Crippen molar-refractivity contribution >= 4 is 29.9 Å². The van der Waals surface area contributed by atoms with Crippen molar-refractivity contribution in [2.75, 3.05) is 7.05 Å². The second-order valence-electron chi connectivity index (χ2n) is 7.73. The van der Waals surface area contributed by atoms with Crippen LogP contribution in [0, 0.1) is 0 Å². The summed E-state index contributed by atoms with van der Waals surface area (Å²) < 4.78 is 7.93. The lowest BCUT2D eigenvalue weighted by Gasteiger charge is -2.23. The number of aromatic nitrogens is 2. The van der Waals surface area contributed by atoms with Crippen LogP contribution in [0.25, 0.3) is 5.69 Å². The van der Waals surface area contributed by atoms with Gasteiger partial charge < -0.3 is 15.4 Å². The standard InChI is InChI=1S/C23H29N5O.HI/c1-23(2,3)29-21-13-9-8-10-19(21)16-26-22(24-4)25-14-18-15-27-28(17-18)20-11-6-5-7-12-20;/h5-13,15,17H,14,16H2,1-4H3,(H2,24,25,26);1H. The fourth-order valence-electron chi connectivity index (χ4n) is 2.84. The molecule has 1 aromatic heterocycles. The number of ether oxygens (including phenoxy) is 1. The summed E-state index contributed by atoms with van der Waals surface area (Å²) in [7, 11) is 1.76. The van der Waals surface area contributed by atoms with Crippen molar-refractivity contribution in [3.63, 3.8) is 0 Å². The second kappa shape index (κ2) is 11.0. The average molecular weight is 519 g/mol. The van der Waals surface area contributed by atoms with Crippen molar-refractivity contribution in [3.8, 4) is 11.4 Å². The van der Waals surface area contributed by atoms with Gasteiger partial charge in [0.1, 0.15) is 11.4 Å². The van der Waals surface area contributed by atoms with E-state index in [2.05, 4.69) is 26.8 Å². The smallest absolute Gasteiger partial charge is 0.191 e. The van der Waals surface area contributed by atoms with Crippen molar-refractivity contribution < 1.29 is 4.74 Å². The molecule has 0 saturated carbocycles. The molecular weight excluding hydrogens is 489 g/mol. The first-order chi connectivity index (χ1) is 13.9. The van der Waals surface area contributed by atoms with Crippen LogP contribution in [-0.2, 0) is 13.1 Å². The molecule has 1 heterocycles. The van der Waals surface area contributed by atoms with Crippen molar-refractivity contribution in [2.45, 2.75) is 39.5 Å². The first-order valence-electron chi connectivity index (χ1n) is 9.75. The molecule has 7 heteroatoms. The third kappa shape index (κ3) is 7.05. The maximum Gasteiger partial charge on any atom is 0.191 e. The quantitative estimate of drug-likeness (QED) is 0.286.